The second-order valence-electron chi connectivity index (χ2n) is 4.59. The van der Waals surface area contributed by atoms with E-state index in [0.29, 0.717) is 21.2 Å². The normalized spacial score (nSPS) is 11.4. The molecule has 0 spiro atoms. The van der Waals surface area contributed by atoms with Crippen molar-refractivity contribution in [2.24, 2.45) is 0 Å². The molecule has 2 aromatic rings. The Morgan fingerprint density at radius 1 is 1.15 bits per heavy atom. The summed E-state index contributed by atoms with van der Waals surface area (Å²) in [6.45, 7) is 5.40. The van der Waals surface area contributed by atoms with Crippen molar-refractivity contribution >= 4 is 32.2 Å². The SMILES string of the molecule is CNc1cc(C)c(S(=O)(=O)Nc2nc(C)cs2)c(C)c1. The van der Waals surface area contributed by atoms with E-state index in [0.717, 1.165) is 11.4 Å². The third-order valence-electron chi connectivity index (χ3n) is 2.86. The Hall–Kier alpha value is -1.60. The first-order chi connectivity index (χ1) is 9.33. The van der Waals surface area contributed by atoms with Crippen molar-refractivity contribution in [3.8, 4) is 0 Å². The Balaban J connectivity index is 2.44. The molecule has 0 aliphatic heterocycles. The molecule has 5 nitrogen and oxygen atoms in total. The lowest BCUT2D eigenvalue weighted by Crippen LogP contribution is -2.16. The number of sulfonamides is 1. The van der Waals surface area contributed by atoms with Crippen LogP contribution in [-0.2, 0) is 10.0 Å². The number of benzene rings is 1. The van der Waals surface area contributed by atoms with E-state index in [2.05, 4.69) is 15.0 Å². The Labute approximate surface area is 123 Å². The summed E-state index contributed by atoms with van der Waals surface area (Å²) in [7, 11) is -1.81. The van der Waals surface area contributed by atoms with Crippen LogP contribution < -0.4 is 10.0 Å². The van der Waals surface area contributed by atoms with Crippen LogP contribution in [0.25, 0.3) is 0 Å². The van der Waals surface area contributed by atoms with Crippen LogP contribution in [0.15, 0.2) is 22.4 Å². The second kappa shape index (κ2) is 5.41. The first-order valence-electron chi connectivity index (χ1n) is 6.07. The molecule has 2 N–H and O–H groups in total. The van der Waals surface area contributed by atoms with Crippen molar-refractivity contribution in [2.45, 2.75) is 25.7 Å². The van der Waals surface area contributed by atoms with Crippen LogP contribution in [-0.4, -0.2) is 20.4 Å². The fourth-order valence-corrected chi connectivity index (χ4v) is 4.48. The zero-order valence-electron chi connectivity index (χ0n) is 11.8. The number of rotatable bonds is 4. The summed E-state index contributed by atoms with van der Waals surface area (Å²) in [6, 6.07) is 3.63. The molecule has 7 heteroatoms. The number of anilines is 2. The van der Waals surface area contributed by atoms with Crippen molar-refractivity contribution in [3.05, 3.63) is 34.3 Å². The maximum Gasteiger partial charge on any atom is 0.264 e. The van der Waals surface area contributed by atoms with E-state index in [-0.39, 0.29) is 0 Å². The molecule has 20 heavy (non-hydrogen) atoms. The van der Waals surface area contributed by atoms with E-state index in [4.69, 9.17) is 0 Å². The van der Waals surface area contributed by atoms with Crippen LogP contribution >= 0.6 is 11.3 Å². The van der Waals surface area contributed by atoms with Gasteiger partial charge in [0, 0.05) is 18.1 Å². The first kappa shape index (κ1) is 14.8. The van der Waals surface area contributed by atoms with Crippen molar-refractivity contribution in [2.75, 3.05) is 17.1 Å². The van der Waals surface area contributed by atoms with Crippen LogP contribution in [0.4, 0.5) is 10.8 Å². The average molecular weight is 311 g/mol. The minimum absolute atomic E-state index is 0.310. The van der Waals surface area contributed by atoms with Gasteiger partial charge < -0.3 is 5.32 Å². The summed E-state index contributed by atoms with van der Waals surface area (Å²) in [5.74, 6) is 0. The smallest absolute Gasteiger partial charge is 0.264 e. The van der Waals surface area contributed by atoms with E-state index in [1.165, 1.54) is 11.3 Å². The van der Waals surface area contributed by atoms with Gasteiger partial charge in [-0.3, -0.25) is 4.72 Å². The predicted octanol–water partition coefficient (Wildman–Crippen LogP) is 2.91. The van der Waals surface area contributed by atoms with Gasteiger partial charge in [-0.15, -0.1) is 11.3 Å². The van der Waals surface area contributed by atoms with Gasteiger partial charge in [0.25, 0.3) is 10.0 Å². The third kappa shape index (κ3) is 2.94. The van der Waals surface area contributed by atoms with Crippen LogP contribution in [0.5, 0.6) is 0 Å². The van der Waals surface area contributed by atoms with Gasteiger partial charge in [0.05, 0.1) is 10.6 Å². The number of hydrogen-bond donors (Lipinski definition) is 2. The van der Waals surface area contributed by atoms with Crippen LogP contribution in [0.1, 0.15) is 16.8 Å². The van der Waals surface area contributed by atoms with E-state index >= 15 is 0 Å². The van der Waals surface area contributed by atoms with E-state index < -0.39 is 10.0 Å². The Kier molecular flexibility index (Phi) is 4.01. The fraction of sp³-hybridized carbons (Fsp3) is 0.308. The van der Waals surface area contributed by atoms with Crippen LogP contribution in [0, 0.1) is 20.8 Å². The minimum atomic E-state index is -3.62. The van der Waals surface area contributed by atoms with Gasteiger partial charge in [-0.1, -0.05) is 0 Å². The summed E-state index contributed by atoms with van der Waals surface area (Å²) < 4.78 is 27.5. The van der Waals surface area contributed by atoms with Gasteiger partial charge in [0.15, 0.2) is 5.13 Å². The monoisotopic (exact) mass is 311 g/mol. The molecule has 0 atom stereocenters. The Morgan fingerprint density at radius 3 is 2.20 bits per heavy atom. The van der Waals surface area contributed by atoms with Crippen molar-refractivity contribution in [1.82, 2.24) is 4.98 Å². The quantitative estimate of drug-likeness (QED) is 0.911. The van der Waals surface area contributed by atoms with Crippen LogP contribution in [0.3, 0.4) is 0 Å². The molecule has 0 bridgehead atoms. The van der Waals surface area contributed by atoms with Gasteiger partial charge in [-0.2, -0.15) is 0 Å². The molecule has 0 aliphatic carbocycles. The fourth-order valence-electron chi connectivity index (χ4n) is 2.09. The predicted molar refractivity (Wildman–Crippen MR) is 83.1 cm³/mol. The molecule has 0 fully saturated rings. The number of aromatic nitrogens is 1. The maximum absolute atomic E-state index is 12.5. The van der Waals surface area contributed by atoms with Crippen molar-refractivity contribution < 1.29 is 8.42 Å². The number of hydrogen-bond acceptors (Lipinski definition) is 5. The zero-order valence-corrected chi connectivity index (χ0v) is 13.4. The molecular formula is C13H17N3O2S2. The molecule has 0 saturated carbocycles. The molecule has 0 aliphatic rings. The van der Waals surface area contributed by atoms with Gasteiger partial charge in [0.1, 0.15) is 0 Å². The number of nitrogens with zero attached hydrogens (tertiary/aromatic N) is 1. The largest absolute Gasteiger partial charge is 0.388 e. The lowest BCUT2D eigenvalue weighted by atomic mass is 10.1. The van der Waals surface area contributed by atoms with Gasteiger partial charge in [0.2, 0.25) is 0 Å². The van der Waals surface area contributed by atoms with Crippen LogP contribution in [0.2, 0.25) is 0 Å². The molecule has 1 heterocycles. The van der Waals surface area contributed by atoms with E-state index in [1.54, 1.807) is 20.9 Å². The first-order valence-corrected chi connectivity index (χ1v) is 8.43. The Bertz CT molecular complexity index is 713. The standard InChI is InChI=1S/C13H17N3O2S2/c1-8-5-11(14-4)6-9(2)12(8)20(17,18)16-13-15-10(3)7-19-13/h5-7,14H,1-4H3,(H,15,16). The van der Waals surface area contributed by atoms with Gasteiger partial charge >= 0.3 is 0 Å². The lowest BCUT2D eigenvalue weighted by molar-refractivity contribution is 0.600. The van der Waals surface area contributed by atoms with E-state index in [9.17, 15) is 8.42 Å². The summed E-state index contributed by atoms with van der Waals surface area (Å²) in [5.41, 5.74) is 3.10. The molecule has 1 aromatic carbocycles. The average Bonchev–Trinajstić information content (AvgIpc) is 2.72. The highest BCUT2D eigenvalue weighted by Gasteiger charge is 2.21. The lowest BCUT2D eigenvalue weighted by Gasteiger charge is -2.13. The summed E-state index contributed by atoms with van der Waals surface area (Å²) >= 11 is 1.28. The highest BCUT2D eigenvalue weighted by atomic mass is 32.2. The molecule has 2 rings (SSSR count). The number of thiazole rings is 1. The molecule has 108 valence electrons. The van der Waals surface area contributed by atoms with Crippen molar-refractivity contribution in [1.29, 1.82) is 0 Å². The highest BCUT2D eigenvalue weighted by molar-refractivity contribution is 7.93. The van der Waals surface area contributed by atoms with Crippen molar-refractivity contribution in [3.63, 3.8) is 0 Å². The molecule has 0 saturated heterocycles. The summed E-state index contributed by atoms with van der Waals surface area (Å²) in [5, 5.41) is 5.21. The molecule has 0 unspecified atom stereocenters. The molecule has 1 aromatic heterocycles. The zero-order chi connectivity index (χ0) is 14.9. The second-order valence-corrected chi connectivity index (χ2v) is 7.07. The highest BCUT2D eigenvalue weighted by Crippen LogP contribution is 2.27. The minimum Gasteiger partial charge on any atom is -0.388 e. The number of aryl methyl sites for hydroxylation is 3. The Morgan fingerprint density at radius 2 is 1.75 bits per heavy atom. The summed E-state index contributed by atoms with van der Waals surface area (Å²) in [4.78, 5) is 4.44. The van der Waals surface area contributed by atoms with Gasteiger partial charge in [-0.05, 0) is 44.0 Å². The topological polar surface area (TPSA) is 71.1 Å². The van der Waals surface area contributed by atoms with Gasteiger partial charge in [-0.25, -0.2) is 13.4 Å². The van der Waals surface area contributed by atoms with E-state index in [1.807, 2.05) is 24.4 Å². The molecule has 0 amide bonds. The maximum atomic E-state index is 12.5. The molecule has 0 radical (unpaired) electrons. The molecular weight excluding hydrogens is 294 g/mol. The third-order valence-corrected chi connectivity index (χ3v) is 5.51. The summed E-state index contributed by atoms with van der Waals surface area (Å²) in [6.07, 6.45) is 0. The number of nitrogens with one attached hydrogen (secondary N) is 2.